The molecule has 3 rings (SSSR count). The molecule has 0 spiro atoms. The Bertz CT molecular complexity index is 675. The van der Waals surface area contributed by atoms with Gasteiger partial charge in [0.05, 0.1) is 0 Å². The summed E-state index contributed by atoms with van der Waals surface area (Å²) in [6.45, 7) is 0.407. The van der Waals surface area contributed by atoms with E-state index in [0.717, 1.165) is 29.7 Å². The molecule has 3 heteroatoms. The standard InChI is InChI=1S/C22H27NO2/c1-23(19-12-5-2-3-6-13-19)22(24)21-16-10-9-11-18(21)17-25-20-14-7-4-8-15-20/h4,7-11,14-16,19H,2-3,5-6,12-13,17H2,1H3. The lowest BCUT2D eigenvalue weighted by Crippen LogP contribution is -2.37. The summed E-state index contributed by atoms with van der Waals surface area (Å²) in [6, 6.07) is 17.9. The minimum absolute atomic E-state index is 0.110. The molecule has 25 heavy (non-hydrogen) atoms. The van der Waals surface area contributed by atoms with E-state index in [4.69, 9.17) is 4.74 Å². The van der Waals surface area contributed by atoms with Gasteiger partial charge in [-0.2, -0.15) is 0 Å². The van der Waals surface area contributed by atoms with Gasteiger partial charge in [0.2, 0.25) is 0 Å². The lowest BCUT2D eigenvalue weighted by molar-refractivity contribution is 0.0715. The van der Waals surface area contributed by atoms with Gasteiger partial charge in [0.25, 0.3) is 5.91 Å². The molecule has 0 atom stereocenters. The monoisotopic (exact) mass is 337 g/mol. The van der Waals surface area contributed by atoms with Crippen molar-refractivity contribution in [2.75, 3.05) is 7.05 Å². The molecule has 132 valence electrons. The van der Waals surface area contributed by atoms with E-state index in [1.807, 2.05) is 66.5 Å². The number of carbonyl (C=O) groups excluding carboxylic acids is 1. The molecule has 0 aromatic heterocycles. The zero-order valence-electron chi connectivity index (χ0n) is 15.0. The maximum atomic E-state index is 13.1. The molecule has 3 nitrogen and oxygen atoms in total. The summed E-state index contributed by atoms with van der Waals surface area (Å²) in [7, 11) is 1.95. The van der Waals surface area contributed by atoms with Crippen molar-refractivity contribution in [2.24, 2.45) is 0 Å². The first kappa shape index (κ1) is 17.5. The summed E-state index contributed by atoms with van der Waals surface area (Å²) in [4.78, 5) is 15.0. The quantitative estimate of drug-likeness (QED) is 0.714. The van der Waals surface area contributed by atoms with E-state index in [0.29, 0.717) is 12.6 Å². The van der Waals surface area contributed by atoms with Crippen LogP contribution in [0.15, 0.2) is 54.6 Å². The van der Waals surface area contributed by atoms with Crippen molar-refractivity contribution in [1.29, 1.82) is 0 Å². The summed E-state index contributed by atoms with van der Waals surface area (Å²) in [5.41, 5.74) is 1.70. The second kappa shape index (κ2) is 8.70. The average molecular weight is 337 g/mol. The summed E-state index contributed by atoms with van der Waals surface area (Å²) in [6.07, 6.45) is 7.26. The Morgan fingerprint density at radius 1 is 0.960 bits per heavy atom. The van der Waals surface area contributed by atoms with Crippen molar-refractivity contribution in [1.82, 2.24) is 4.90 Å². The Kier molecular flexibility index (Phi) is 6.10. The van der Waals surface area contributed by atoms with E-state index >= 15 is 0 Å². The number of hydrogen-bond donors (Lipinski definition) is 0. The zero-order chi connectivity index (χ0) is 17.5. The van der Waals surface area contributed by atoms with Gasteiger partial charge >= 0.3 is 0 Å². The molecular formula is C22H27NO2. The number of carbonyl (C=O) groups is 1. The van der Waals surface area contributed by atoms with Crippen LogP contribution in [0.4, 0.5) is 0 Å². The predicted molar refractivity (Wildman–Crippen MR) is 101 cm³/mol. The molecule has 0 N–H and O–H groups in total. The van der Waals surface area contributed by atoms with Gasteiger partial charge in [-0.05, 0) is 31.0 Å². The maximum Gasteiger partial charge on any atom is 0.254 e. The number of benzene rings is 2. The molecule has 0 radical (unpaired) electrons. The Morgan fingerprint density at radius 3 is 2.32 bits per heavy atom. The normalized spacial score (nSPS) is 15.4. The van der Waals surface area contributed by atoms with Crippen LogP contribution in [0, 0.1) is 0 Å². The highest BCUT2D eigenvalue weighted by atomic mass is 16.5. The van der Waals surface area contributed by atoms with Crippen molar-refractivity contribution < 1.29 is 9.53 Å². The van der Waals surface area contributed by atoms with Crippen LogP contribution in [0.1, 0.15) is 54.4 Å². The number of rotatable bonds is 5. The molecule has 1 saturated carbocycles. The second-order valence-corrected chi connectivity index (χ2v) is 6.82. The number of amides is 1. The lowest BCUT2D eigenvalue weighted by atomic mass is 10.0. The molecule has 0 bridgehead atoms. The van der Waals surface area contributed by atoms with Crippen molar-refractivity contribution in [3.05, 3.63) is 65.7 Å². The van der Waals surface area contributed by atoms with Crippen LogP contribution in [0.2, 0.25) is 0 Å². The molecule has 0 unspecified atom stereocenters. The van der Waals surface area contributed by atoms with E-state index in [9.17, 15) is 4.79 Å². The smallest absolute Gasteiger partial charge is 0.254 e. The third-order valence-corrected chi connectivity index (χ3v) is 5.08. The van der Waals surface area contributed by atoms with Crippen LogP contribution in [0.5, 0.6) is 5.75 Å². The first-order valence-corrected chi connectivity index (χ1v) is 9.28. The van der Waals surface area contributed by atoms with Gasteiger partial charge in [-0.1, -0.05) is 62.1 Å². The van der Waals surface area contributed by atoms with E-state index in [1.54, 1.807) is 0 Å². The number of nitrogens with zero attached hydrogens (tertiary/aromatic N) is 1. The van der Waals surface area contributed by atoms with Crippen molar-refractivity contribution in [3.63, 3.8) is 0 Å². The molecule has 1 fully saturated rings. The largest absolute Gasteiger partial charge is 0.489 e. The third-order valence-electron chi connectivity index (χ3n) is 5.08. The average Bonchev–Trinajstić information content (AvgIpc) is 2.96. The lowest BCUT2D eigenvalue weighted by Gasteiger charge is -2.28. The topological polar surface area (TPSA) is 29.5 Å². The molecule has 0 heterocycles. The van der Waals surface area contributed by atoms with Crippen molar-refractivity contribution in [3.8, 4) is 5.75 Å². The summed E-state index contributed by atoms with van der Waals surface area (Å²) < 4.78 is 5.86. The molecule has 0 aliphatic heterocycles. The first-order chi connectivity index (χ1) is 12.3. The second-order valence-electron chi connectivity index (χ2n) is 6.82. The minimum atomic E-state index is 0.110. The Hall–Kier alpha value is -2.29. The fraction of sp³-hybridized carbons (Fsp3) is 0.409. The fourth-order valence-corrected chi connectivity index (χ4v) is 3.53. The van der Waals surface area contributed by atoms with Gasteiger partial charge in [0.15, 0.2) is 0 Å². The highest BCUT2D eigenvalue weighted by Crippen LogP contribution is 2.23. The molecule has 1 aliphatic carbocycles. The van der Waals surface area contributed by atoms with Gasteiger partial charge in [0.1, 0.15) is 12.4 Å². The van der Waals surface area contributed by atoms with Gasteiger partial charge in [-0.3, -0.25) is 4.79 Å². The van der Waals surface area contributed by atoms with Crippen LogP contribution >= 0.6 is 0 Å². The Labute approximate surface area is 150 Å². The van der Waals surface area contributed by atoms with Gasteiger partial charge in [-0.25, -0.2) is 0 Å². The Morgan fingerprint density at radius 2 is 1.60 bits per heavy atom. The SMILES string of the molecule is CN(C(=O)c1ccccc1COc1ccccc1)C1CCCCCC1. The number of hydrogen-bond acceptors (Lipinski definition) is 2. The third kappa shape index (κ3) is 4.62. The summed E-state index contributed by atoms with van der Waals surface area (Å²) in [5.74, 6) is 0.932. The highest BCUT2D eigenvalue weighted by molar-refractivity contribution is 5.95. The number of ether oxygens (including phenoxy) is 1. The van der Waals surface area contributed by atoms with Crippen LogP contribution in [-0.4, -0.2) is 23.9 Å². The fourth-order valence-electron chi connectivity index (χ4n) is 3.53. The first-order valence-electron chi connectivity index (χ1n) is 9.28. The van der Waals surface area contributed by atoms with Gasteiger partial charge in [0, 0.05) is 24.2 Å². The summed E-state index contributed by atoms with van der Waals surface area (Å²) in [5, 5.41) is 0. The highest BCUT2D eigenvalue weighted by Gasteiger charge is 2.23. The minimum Gasteiger partial charge on any atom is -0.489 e. The molecule has 2 aromatic rings. The van der Waals surface area contributed by atoms with Gasteiger partial charge in [-0.15, -0.1) is 0 Å². The molecule has 0 saturated heterocycles. The van der Waals surface area contributed by atoms with Gasteiger partial charge < -0.3 is 9.64 Å². The van der Waals surface area contributed by atoms with Crippen LogP contribution in [0.3, 0.4) is 0 Å². The maximum absolute atomic E-state index is 13.1. The summed E-state index contributed by atoms with van der Waals surface area (Å²) >= 11 is 0. The van der Waals surface area contributed by atoms with Crippen molar-refractivity contribution >= 4 is 5.91 Å². The molecule has 2 aromatic carbocycles. The van der Waals surface area contributed by atoms with Crippen LogP contribution in [0.25, 0.3) is 0 Å². The van der Waals surface area contributed by atoms with E-state index in [-0.39, 0.29) is 5.91 Å². The van der Waals surface area contributed by atoms with Crippen LogP contribution < -0.4 is 4.74 Å². The molecular weight excluding hydrogens is 310 g/mol. The van der Waals surface area contributed by atoms with Crippen molar-refractivity contribution in [2.45, 2.75) is 51.2 Å². The Balaban J connectivity index is 1.71. The van der Waals surface area contributed by atoms with Crippen LogP contribution in [-0.2, 0) is 6.61 Å². The number of para-hydroxylation sites is 1. The van der Waals surface area contributed by atoms with E-state index < -0.39 is 0 Å². The predicted octanol–water partition coefficient (Wildman–Crippen LogP) is 5.06. The zero-order valence-corrected chi connectivity index (χ0v) is 15.0. The van der Waals surface area contributed by atoms with E-state index in [2.05, 4.69) is 0 Å². The molecule has 1 amide bonds. The van der Waals surface area contributed by atoms with E-state index in [1.165, 1.54) is 25.7 Å². The molecule has 1 aliphatic rings.